The van der Waals surface area contributed by atoms with Gasteiger partial charge in [-0.2, -0.15) is 0 Å². The maximum Gasteiger partial charge on any atom is 0.375 e. The highest BCUT2D eigenvalue weighted by Gasteiger charge is 2.14. The zero-order valence-electron chi connectivity index (χ0n) is 5.83. The summed E-state index contributed by atoms with van der Waals surface area (Å²) < 4.78 is 9.14. The molecule has 0 N–H and O–H groups in total. The molecule has 0 spiro atoms. The highest BCUT2D eigenvalue weighted by atomic mass is 16.8. The van der Waals surface area contributed by atoms with Crippen molar-refractivity contribution in [2.24, 2.45) is 0 Å². The van der Waals surface area contributed by atoms with E-state index in [4.69, 9.17) is 4.74 Å². The minimum Gasteiger partial charge on any atom is -0.457 e. The van der Waals surface area contributed by atoms with E-state index in [0.29, 0.717) is 12.3 Å². The first-order valence-corrected chi connectivity index (χ1v) is 2.94. The van der Waals surface area contributed by atoms with Crippen molar-refractivity contribution in [1.29, 1.82) is 0 Å². The number of aromatic nitrogens is 2. The Morgan fingerprint density at radius 2 is 2.50 bits per heavy atom. The maximum absolute atomic E-state index is 10.6. The fourth-order valence-corrected chi connectivity index (χ4v) is 0.600. The Bertz CT molecular complexity index is 201. The van der Waals surface area contributed by atoms with Crippen molar-refractivity contribution in [2.45, 2.75) is 13.8 Å². The third-order valence-electron chi connectivity index (χ3n) is 1.01. The predicted molar refractivity (Wildman–Crippen MR) is 31.4 cm³/mol. The van der Waals surface area contributed by atoms with E-state index in [1.54, 1.807) is 13.8 Å². The van der Waals surface area contributed by atoms with Gasteiger partial charge in [0.05, 0.1) is 6.61 Å². The smallest absolute Gasteiger partial charge is 0.375 e. The summed E-state index contributed by atoms with van der Waals surface area (Å²) in [6, 6.07) is 0. The third kappa shape index (κ3) is 1.02. The van der Waals surface area contributed by atoms with Crippen LogP contribution in [-0.4, -0.2) is 11.8 Å². The fraction of sp³-hybridized carbons (Fsp3) is 0.600. The molecule has 10 heavy (non-hydrogen) atoms. The summed E-state index contributed by atoms with van der Waals surface area (Å²) in [7, 11) is 0. The van der Waals surface area contributed by atoms with Gasteiger partial charge in [0.15, 0.2) is 0 Å². The van der Waals surface area contributed by atoms with Gasteiger partial charge in [-0.25, -0.2) is 0 Å². The van der Waals surface area contributed by atoms with Gasteiger partial charge in [-0.1, -0.05) is 0 Å². The summed E-state index contributed by atoms with van der Waals surface area (Å²) in [4.78, 5) is 0.249. The van der Waals surface area contributed by atoms with E-state index in [-0.39, 0.29) is 10.8 Å². The Hall–Kier alpha value is -1.26. The molecule has 5 nitrogen and oxygen atoms in total. The van der Waals surface area contributed by atoms with Crippen LogP contribution >= 0.6 is 0 Å². The first-order valence-electron chi connectivity index (χ1n) is 2.94. The monoisotopic (exact) mass is 144 g/mol. The standard InChI is InChI=1S/C5H8N2O3/c1-3-9-5-4(2)6-10-7(5)8/h3H2,1-2H3. The van der Waals surface area contributed by atoms with Crippen LogP contribution < -0.4 is 9.64 Å². The van der Waals surface area contributed by atoms with Crippen molar-refractivity contribution in [1.82, 2.24) is 5.16 Å². The van der Waals surface area contributed by atoms with E-state index in [1.165, 1.54) is 0 Å². The van der Waals surface area contributed by atoms with Crippen LogP contribution in [-0.2, 0) is 0 Å². The van der Waals surface area contributed by atoms with Crippen LogP contribution in [0.25, 0.3) is 0 Å². The average molecular weight is 144 g/mol. The second-order valence-electron chi connectivity index (χ2n) is 1.75. The van der Waals surface area contributed by atoms with Gasteiger partial charge >= 0.3 is 5.88 Å². The van der Waals surface area contributed by atoms with Crippen LogP contribution in [0.2, 0.25) is 0 Å². The topological polar surface area (TPSA) is 62.2 Å². The summed E-state index contributed by atoms with van der Waals surface area (Å²) in [6.07, 6.45) is 0. The highest BCUT2D eigenvalue weighted by molar-refractivity contribution is 5.06. The SMILES string of the molecule is CCOc1c(C)no[n+]1[O-]. The van der Waals surface area contributed by atoms with Gasteiger partial charge in [0.25, 0.3) is 5.69 Å². The Labute approximate surface area is 57.7 Å². The van der Waals surface area contributed by atoms with E-state index in [2.05, 4.69) is 9.79 Å². The zero-order valence-corrected chi connectivity index (χ0v) is 5.83. The summed E-state index contributed by atoms with van der Waals surface area (Å²) in [5, 5.41) is 14.0. The molecule has 0 bridgehead atoms. The molecular formula is C5H8N2O3. The van der Waals surface area contributed by atoms with Crippen molar-refractivity contribution >= 4 is 0 Å². The molecule has 0 atom stereocenters. The molecule has 0 saturated heterocycles. The molecule has 0 fully saturated rings. The molecule has 0 aliphatic rings. The normalized spacial score (nSPS) is 9.80. The second-order valence-corrected chi connectivity index (χ2v) is 1.75. The summed E-state index contributed by atoms with van der Waals surface area (Å²) >= 11 is 0. The van der Waals surface area contributed by atoms with E-state index >= 15 is 0 Å². The second kappa shape index (κ2) is 2.55. The van der Waals surface area contributed by atoms with Crippen LogP contribution in [0.1, 0.15) is 12.6 Å². The predicted octanol–water partition coefficient (Wildman–Crippen LogP) is 0.0151. The molecule has 0 aromatic carbocycles. The largest absolute Gasteiger partial charge is 0.457 e. The first kappa shape index (κ1) is 6.85. The van der Waals surface area contributed by atoms with E-state index < -0.39 is 0 Å². The Balaban J connectivity index is 2.87. The molecule has 0 aliphatic carbocycles. The van der Waals surface area contributed by atoms with Crippen LogP contribution in [0.5, 0.6) is 5.88 Å². The van der Waals surface area contributed by atoms with Crippen LogP contribution in [0.4, 0.5) is 0 Å². The quantitative estimate of drug-likeness (QED) is 0.549. The first-order chi connectivity index (χ1) is 4.75. The molecule has 1 rings (SSSR count). The molecule has 0 unspecified atom stereocenters. The summed E-state index contributed by atoms with van der Waals surface area (Å²) in [6.45, 7) is 3.86. The third-order valence-corrected chi connectivity index (χ3v) is 1.01. The molecular weight excluding hydrogens is 136 g/mol. The minimum absolute atomic E-state index is 0.141. The summed E-state index contributed by atoms with van der Waals surface area (Å²) in [5.41, 5.74) is 0.469. The molecule has 0 radical (unpaired) electrons. The van der Waals surface area contributed by atoms with Crippen LogP contribution in [0.3, 0.4) is 0 Å². The van der Waals surface area contributed by atoms with Crippen molar-refractivity contribution in [3.8, 4) is 5.88 Å². The lowest BCUT2D eigenvalue weighted by Gasteiger charge is -1.95. The van der Waals surface area contributed by atoms with Crippen molar-refractivity contribution in [2.75, 3.05) is 6.61 Å². The number of ether oxygens (including phenoxy) is 1. The van der Waals surface area contributed by atoms with Crippen molar-refractivity contribution in [3.05, 3.63) is 10.9 Å². The summed E-state index contributed by atoms with van der Waals surface area (Å²) in [5.74, 6) is 0.141. The Kier molecular flexibility index (Phi) is 1.75. The highest BCUT2D eigenvalue weighted by Crippen LogP contribution is 2.06. The van der Waals surface area contributed by atoms with E-state index in [9.17, 15) is 5.21 Å². The molecule has 0 aliphatic heterocycles. The molecule has 0 saturated carbocycles. The number of rotatable bonds is 2. The molecule has 1 heterocycles. The van der Waals surface area contributed by atoms with Gasteiger partial charge in [-0.05, 0) is 11.8 Å². The van der Waals surface area contributed by atoms with Gasteiger partial charge < -0.3 is 9.94 Å². The van der Waals surface area contributed by atoms with Gasteiger partial charge in [0, 0.05) is 12.1 Å². The van der Waals surface area contributed by atoms with E-state index in [0.717, 1.165) is 0 Å². The lowest BCUT2D eigenvalue weighted by atomic mass is 10.5. The maximum atomic E-state index is 10.6. The minimum atomic E-state index is 0.141. The number of aryl methyl sites for hydroxylation is 1. The van der Waals surface area contributed by atoms with Crippen molar-refractivity contribution in [3.63, 3.8) is 0 Å². The van der Waals surface area contributed by atoms with Gasteiger partial charge in [-0.15, -0.1) is 0 Å². The molecule has 1 aromatic rings. The van der Waals surface area contributed by atoms with Crippen LogP contribution in [0.15, 0.2) is 4.63 Å². The van der Waals surface area contributed by atoms with Gasteiger partial charge in [0.2, 0.25) is 0 Å². The number of hydrogen-bond acceptors (Lipinski definition) is 4. The Morgan fingerprint density at radius 1 is 1.80 bits per heavy atom. The zero-order chi connectivity index (χ0) is 7.56. The van der Waals surface area contributed by atoms with E-state index in [1.807, 2.05) is 0 Å². The molecule has 5 heteroatoms. The van der Waals surface area contributed by atoms with Crippen molar-refractivity contribution < 1.29 is 14.3 Å². The number of nitrogens with zero attached hydrogens (tertiary/aromatic N) is 2. The van der Waals surface area contributed by atoms with Crippen LogP contribution in [0, 0.1) is 12.1 Å². The molecule has 1 aromatic heterocycles. The fourth-order valence-electron chi connectivity index (χ4n) is 0.600. The number of hydrogen-bond donors (Lipinski definition) is 0. The Morgan fingerprint density at radius 3 is 2.90 bits per heavy atom. The molecule has 56 valence electrons. The van der Waals surface area contributed by atoms with Gasteiger partial charge in [-0.3, -0.25) is 4.63 Å². The average Bonchev–Trinajstić information content (AvgIpc) is 2.20. The molecule has 0 amide bonds. The lowest BCUT2D eigenvalue weighted by molar-refractivity contribution is -0.805. The van der Waals surface area contributed by atoms with Gasteiger partial charge in [0.1, 0.15) is 0 Å². The lowest BCUT2D eigenvalue weighted by Crippen LogP contribution is -2.25.